The lowest BCUT2D eigenvalue weighted by Gasteiger charge is -2.36. The predicted octanol–water partition coefficient (Wildman–Crippen LogP) is 8.27. The molecule has 0 heterocycles. The molecule has 1 nitrogen and oxygen atoms in total. The van der Waals surface area contributed by atoms with Crippen LogP contribution in [0.5, 0.6) is 0 Å². The fraction of sp³-hybridized carbons (Fsp3) is 0.909. The number of hydrogen-bond donors (Lipinski definition) is 0. The van der Waals surface area contributed by atoms with Gasteiger partial charge in [0.1, 0.15) is 0 Å². The highest BCUT2D eigenvalue weighted by atomic mass is 28.4. The maximum atomic E-state index is 6.23. The van der Waals surface area contributed by atoms with E-state index in [9.17, 15) is 0 Å². The summed E-state index contributed by atoms with van der Waals surface area (Å²) in [5, 5.41) is 0.346. The van der Waals surface area contributed by atoms with Gasteiger partial charge >= 0.3 is 0 Å². The van der Waals surface area contributed by atoms with E-state index >= 15 is 0 Å². The lowest BCUT2D eigenvalue weighted by molar-refractivity contribution is 0.277. The first-order valence-electron chi connectivity index (χ1n) is 10.6. The van der Waals surface area contributed by atoms with Crippen LogP contribution in [0.25, 0.3) is 0 Å². The lowest BCUT2D eigenvalue weighted by atomic mass is 10.0. The van der Waals surface area contributed by atoms with E-state index in [4.69, 9.17) is 4.43 Å². The van der Waals surface area contributed by atoms with Crippen LogP contribution in [0.1, 0.15) is 104 Å². The smallest absolute Gasteiger partial charge is 0.191 e. The van der Waals surface area contributed by atoms with Gasteiger partial charge in [0.05, 0.1) is 0 Å². The molecule has 0 aromatic heterocycles. The summed E-state index contributed by atoms with van der Waals surface area (Å²) < 4.78 is 6.23. The zero-order valence-corrected chi connectivity index (χ0v) is 18.6. The molecule has 0 saturated carbocycles. The van der Waals surface area contributed by atoms with E-state index in [0.717, 1.165) is 6.61 Å². The largest absolute Gasteiger partial charge is 0.417 e. The fourth-order valence-corrected chi connectivity index (χ4v) is 3.79. The fourth-order valence-electron chi connectivity index (χ4n) is 2.70. The Kier molecular flexibility index (Phi) is 14.1. The molecule has 0 aliphatic carbocycles. The van der Waals surface area contributed by atoms with Crippen molar-refractivity contribution in [2.45, 2.75) is 122 Å². The summed E-state index contributed by atoms with van der Waals surface area (Å²) in [6.07, 6.45) is 20.0. The topological polar surface area (TPSA) is 9.23 Å². The highest BCUT2D eigenvalue weighted by Gasteiger charge is 2.36. The van der Waals surface area contributed by atoms with Crippen LogP contribution in [0.2, 0.25) is 18.1 Å². The van der Waals surface area contributed by atoms with E-state index in [1.165, 1.54) is 83.5 Å². The molecule has 0 radical (unpaired) electrons. The molecule has 144 valence electrons. The number of unbranched alkanes of at least 4 members (excludes halogenated alkanes) is 12. The van der Waals surface area contributed by atoms with E-state index in [-0.39, 0.29) is 0 Å². The predicted molar refractivity (Wildman–Crippen MR) is 113 cm³/mol. The van der Waals surface area contributed by atoms with Gasteiger partial charge in [0.2, 0.25) is 0 Å². The molecule has 0 fully saturated rings. The van der Waals surface area contributed by atoms with Gasteiger partial charge in [0.25, 0.3) is 0 Å². The summed E-state index contributed by atoms with van der Waals surface area (Å²) in [6, 6.07) is 0. The Labute approximate surface area is 154 Å². The minimum atomic E-state index is -1.51. The quantitative estimate of drug-likeness (QED) is 0.154. The average molecular weight is 355 g/mol. The Hall–Kier alpha value is -0.0831. The second-order valence-corrected chi connectivity index (χ2v) is 13.7. The van der Waals surface area contributed by atoms with Crippen molar-refractivity contribution in [1.29, 1.82) is 0 Å². The third-order valence-corrected chi connectivity index (χ3v) is 10.1. The third-order valence-electron chi connectivity index (χ3n) is 5.57. The molecule has 0 aliphatic rings. The molecule has 0 unspecified atom stereocenters. The Balaban J connectivity index is 3.25. The van der Waals surface area contributed by atoms with Gasteiger partial charge in [-0.3, -0.25) is 0 Å². The van der Waals surface area contributed by atoms with Gasteiger partial charge in [-0.2, -0.15) is 0 Å². The molecule has 24 heavy (non-hydrogen) atoms. The summed E-state index contributed by atoms with van der Waals surface area (Å²) in [4.78, 5) is 0. The maximum Gasteiger partial charge on any atom is 0.191 e. The molecular weight excluding hydrogens is 308 g/mol. The van der Waals surface area contributed by atoms with Gasteiger partial charge in [-0.1, -0.05) is 91.1 Å². The van der Waals surface area contributed by atoms with Gasteiger partial charge < -0.3 is 4.43 Å². The molecule has 0 N–H and O–H groups in total. The number of rotatable bonds is 16. The summed E-state index contributed by atoms with van der Waals surface area (Å²) in [6.45, 7) is 16.4. The first kappa shape index (κ1) is 23.9. The van der Waals surface area contributed by atoms with Crippen molar-refractivity contribution < 1.29 is 4.43 Å². The molecule has 0 bridgehead atoms. The van der Waals surface area contributed by atoms with Crippen molar-refractivity contribution in [3.05, 3.63) is 12.7 Å². The van der Waals surface area contributed by atoms with E-state index in [1.54, 1.807) is 0 Å². The molecular formula is C22H46OSi. The van der Waals surface area contributed by atoms with E-state index < -0.39 is 8.32 Å². The summed E-state index contributed by atoms with van der Waals surface area (Å²) in [5.74, 6) is 0. The van der Waals surface area contributed by atoms with Gasteiger partial charge in [-0.15, -0.1) is 6.58 Å². The molecule has 0 saturated heterocycles. The van der Waals surface area contributed by atoms with Gasteiger partial charge in [0.15, 0.2) is 8.32 Å². The second-order valence-electron chi connectivity index (χ2n) is 8.93. The van der Waals surface area contributed by atoms with Crippen LogP contribution in [-0.4, -0.2) is 14.9 Å². The Bertz CT molecular complexity index is 291. The van der Waals surface area contributed by atoms with Crippen molar-refractivity contribution >= 4 is 8.32 Å². The van der Waals surface area contributed by atoms with Crippen molar-refractivity contribution in [3.63, 3.8) is 0 Å². The SMILES string of the molecule is C=CCCCCCCCCCCCCCCO[Si](C)(C)C(C)(C)C. The lowest BCUT2D eigenvalue weighted by Crippen LogP contribution is -2.40. The molecule has 0 amide bonds. The highest BCUT2D eigenvalue weighted by Crippen LogP contribution is 2.36. The third kappa shape index (κ3) is 13.2. The molecule has 2 heteroatoms. The first-order valence-corrected chi connectivity index (χ1v) is 13.5. The summed E-state index contributed by atoms with van der Waals surface area (Å²) in [7, 11) is -1.51. The van der Waals surface area contributed by atoms with E-state index in [2.05, 4.69) is 40.4 Å². The minimum Gasteiger partial charge on any atom is -0.417 e. The normalized spacial score (nSPS) is 12.5. The minimum absolute atomic E-state index is 0.346. The summed E-state index contributed by atoms with van der Waals surface area (Å²) >= 11 is 0. The van der Waals surface area contributed by atoms with Gasteiger partial charge in [-0.05, 0) is 37.4 Å². The molecule has 0 aliphatic heterocycles. The van der Waals surface area contributed by atoms with Crippen molar-refractivity contribution in [2.75, 3.05) is 6.61 Å². The standard InChI is InChI=1S/C22H46OSi/c1-7-8-9-10-11-12-13-14-15-16-17-18-19-20-21-23-24(5,6)22(2,3)4/h7H,1,8-21H2,2-6H3. The molecule has 0 aromatic rings. The Morgan fingerprint density at radius 2 is 1.08 bits per heavy atom. The van der Waals surface area contributed by atoms with Crippen LogP contribution in [0.4, 0.5) is 0 Å². The molecule has 0 aromatic carbocycles. The monoisotopic (exact) mass is 354 g/mol. The Morgan fingerprint density at radius 3 is 1.46 bits per heavy atom. The van der Waals surface area contributed by atoms with Crippen LogP contribution in [0, 0.1) is 0 Å². The van der Waals surface area contributed by atoms with Crippen LogP contribution < -0.4 is 0 Å². The first-order chi connectivity index (χ1) is 11.3. The maximum absolute atomic E-state index is 6.23. The van der Waals surface area contributed by atoms with Crippen molar-refractivity contribution in [3.8, 4) is 0 Å². The van der Waals surface area contributed by atoms with E-state index in [0.29, 0.717) is 5.04 Å². The van der Waals surface area contributed by atoms with Crippen LogP contribution >= 0.6 is 0 Å². The zero-order valence-electron chi connectivity index (χ0n) is 17.6. The number of hydrogen-bond acceptors (Lipinski definition) is 1. The molecule has 0 rings (SSSR count). The van der Waals surface area contributed by atoms with Crippen LogP contribution in [-0.2, 0) is 4.43 Å². The molecule has 0 atom stereocenters. The van der Waals surface area contributed by atoms with Crippen molar-refractivity contribution in [2.24, 2.45) is 0 Å². The van der Waals surface area contributed by atoms with Crippen LogP contribution in [0.3, 0.4) is 0 Å². The zero-order chi connectivity index (χ0) is 18.3. The average Bonchev–Trinajstić information content (AvgIpc) is 2.50. The highest BCUT2D eigenvalue weighted by molar-refractivity contribution is 6.74. The van der Waals surface area contributed by atoms with E-state index in [1.807, 2.05) is 6.08 Å². The van der Waals surface area contributed by atoms with Crippen molar-refractivity contribution in [1.82, 2.24) is 0 Å². The molecule has 0 spiro atoms. The second kappa shape index (κ2) is 14.1. The Morgan fingerprint density at radius 1 is 0.708 bits per heavy atom. The summed E-state index contributed by atoms with van der Waals surface area (Å²) in [5.41, 5.74) is 0. The van der Waals surface area contributed by atoms with Gasteiger partial charge in [0, 0.05) is 6.61 Å². The van der Waals surface area contributed by atoms with Crippen LogP contribution in [0.15, 0.2) is 12.7 Å². The number of allylic oxidation sites excluding steroid dienone is 1. The van der Waals surface area contributed by atoms with Gasteiger partial charge in [-0.25, -0.2) is 0 Å².